The van der Waals surface area contributed by atoms with E-state index in [1.165, 1.54) is 10.4 Å². The third-order valence-electron chi connectivity index (χ3n) is 4.30. The zero-order valence-electron chi connectivity index (χ0n) is 14.0. The van der Waals surface area contributed by atoms with Crippen LogP contribution in [0.15, 0.2) is 48.5 Å². The summed E-state index contributed by atoms with van der Waals surface area (Å²) in [6, 6.07) is 13.4. The van der Waals surface area contributed by atoms with Crippen LogP contribution in [-0.2, 0) is 0 Å². The first-order chi connectivity index (χ1) is 12.1. The van der Waals surface area contributed by atoms with Gasteiger partial charge in [-0.3, -0.25) is 13.4 Å². The van der Waals surface area contributed by atoms with Gasteiger partial charge in [0.1, 0.15) is 11.5 Å². The van der Waals surface area contributed by atoms with Crippen LogP contribution in [0, 0.1) is 5.82 Å². The van der Waals surface area contributed by atoms with Crippen molar-refractivity contribution in [3.63, 3.8) is 0 Å². The Morgan fingerprint density at radius 3 is 2.12 bits per heavy atom. The number of halogens is 1. The minimum absolute atomic E-state index is 0.167. The zero-order valence-corrected chi connectivity index (χ0v) is 14.8. The number of unbranched alkanes of at least 4 members (excludes halogenated alkanes) is 3. The molecule has 0 saturated carbocycles. The smallest absolute Gasteiger partial charge is 0.148 e. The number of rotatable bonds is 7. The number of benzene rings is 2. The molecule has 7 heteroatoms. The molecule has 25 heavy (non-hydrogen) atoms. The Morgan fingerprint density at radius 2 is 1.44 bits per heavy atom. The second-order valence-corrected chi connectivity index (χ2v) is 7.82. The molecule has 0 amide bonds. The van der Waals surface area contributed by atoms with Gasteiger partial charge in [-0.2, -0.15) is 0 Å². The highest BCUT2D eigenvalue weighted by molar-refractivity contribution is 8.27. The van der Waals surface area contributed by atoms with Crippen molar-refractivity contribution in [3.8, 4) is 0 Å². The SMILES string of the molecule is NCCCCCCN1c2ccccc2N(c2ccccc2F)S1(O)O. The number of nitrogens with zero attached hydrogens (tertiary/aromatic N) is 2. The van der Waals surface area contributed by atoms with Gasteiger partial charge in [0.2, 0.25) is 0 Å². The van der Waals surface area contributed by atoms with Gasteiger partial charge in [0.15, 0.2) is 0 Å². The van der Waals surface area contributed by atoms with Gasteiger partial charge in [-0.05, 0) is 54.6 Å². The van der Waals surface area contributed by atoms with Crippen molar-refractivity contribution in [1.82, 2.24) is 0 Å². The van der Waals surface area contributed by atoms with E-state index in [2.05, 4.69) is 0 Å². The van der Waals surface area contributed by atoms with E-state index in [9.17, 15) is 13.5 Å². The number of nitrogens with two attached hydrogens (primary N) is 1. The average Bonchev–Trinajstić information content (AvgIpc) is 2.82. The first kappa shape index (κ1) is 18.0. The summed E-state index contributed by atoms with van der Waals surface area (Å²) in [6.45, 7) is 1.16. The molecule has 0 unspecified atom stereocenters. The third-order valence-corrected chi connectivity index (χ3v) is 6.15. The molecular formula is C18H24FN3O2S. The van der Waals surface area contributed by atoms with Crippen molar-refractivity contribution >= 4 is 28.0 Å². The van der Waals surface area contributed by atoms with Crippen LogP contribution >= 0.6 is 11.0 Å². The molecule has 1 aliphatic rings. The quantitative estimate of drug-likeness (QED) is 0.610. The van der Waals surface area contributed by atoms with Crippen molar-refractivity contribution in [2.75, 3.05) is 21.7 Å². The summed E-state index contributed by atoms with van der Waals surface area (Å²) in [5, 5.41) is 0. The molecule has 0 atom stereocenters. The molecule has 3 rings (SSSR count). The van der Waals surface area contributed by atoms with Crippen LogP contribution < -0.4 is 14.3 Å². The van der Waals surface area contributed by atoms with Gasteiger partial charge in [-0.15, -0.1) is 0 Å². The van der Waals surface area contributed by atoms with E-state index in [-0.39, 0.29) is 5.69 Å². The van der Waals surface area contributed by atoms with Gasteiger partial charge < -0.3 is 5.73 Å². The molecule has 1 heterocycles. The first-order valence-electron chi connectivity index (χ1n) is 8.47. The van der Waals surface area contributed by atoms with E-state index in [0.29, 0.717) is 24.5 Å². The van der Waals surface area contributed by atoms with Crippen LogP contribution in [0.2, 0.25) is 0 Å². The molecule has 5 nitrogen and oxygen atoms in total. The highest BCUT2D eigenvalue weighted by atomic mass is 32.3. The van der Waals surface area contributed by atoms with E-state index in [1.807, 2.05) is 18.2 Å². The molecule has 0 fully saturated rings. The summed E-state index contributed by atoms with van der Waals surface area (Å²) in [5.41, 5.74) is 6.99. The molecule has 0 bridgehead atoms. The first-order valence-corrected chi connectivity index (χ1v) is 9.93. The van der Waals surface area contributed by atoms with E-state index in [1.54, 1.807) is 28.6 Å². The lowest BCUT2D eigenvalue weighted by molar-refractivity contribution is 0.481. The van der Waals surface area contributed by atoms with E-state index < -0.39 is 16.8 Å². The summed E-state index contributed by atoms with van der Waals surface area (Å²) in [6.07, 6.45) is 3.76. The number of hydrogen-bond donors (Lipinski definition) is 3. The fourth-order valence-electron chi connectivity index (χ4n) is 3.08. The van der Waals surface area contributed by atoms with Crippen molar-refractivity contribution in [3.05, 3.63) is 54.3 Å². The van der Waals surface area contributed by atoms with Crippen molar-refractivity contribution in [2.24, 2.45) is 5.73 Å². The molecule has 2 aromatic carbocycles. The largest absolute Gasteiger partial charge is 0.330 e. The van der Waals surface area contributed by atoms with Gasteiger partial charge >= 0.3 is 0 Å². The average molecular weight is 365 g/mol. The standard InChI is InChI=1S/C18H24FN3O2S/c19-15-9-3-4-10-16(15)22-18-12-6-5-11-17(18)21(25(22,23)24)14-8-2-1-7-13-20/h3-6,9-12,23-24H,1-2,7-8,13-14,20H2. The molecule has 0 aromatic heterocycles. The maximum Gasteiger partial charge on any atom is 0.148 e. The minimum Gasteiger partial charge on any atom is -0.330 e. The highest BCUT2D eigenvalue weighted by Gasteiger charge is 2.42. The van der Waals surface area contributed by atoms with E-state index >= 15 is 0 Å². The van der Waals surface area contributed by atoms with Crippen LogP contribution in [-0.4, -0.2) is 22.2 Å². The van der Waals surface area contributed by atoms with E-state index in [4.69, 9.17) is 5.73 Å². The molecule has 0 radical (unpaired) electrons. The fraction of sp³-hybridized carbons (Fsp3) is 0.333. The lowest BCUT2D eigenvalue weighted by Crippen LogP contribution is -2.32. The predicted octanol–water partition coefficient (Wildman–Crippen LogP) is 4.88. The molecule has 0 aliphatic carbocycles. The third kappa shape index (κ3) is 3.46. The van der Waals surface area contributed by atoms with E-state index in [0.717, 1.165) is 25.7 Å². The lowest BCUT2D eigenvalue weighted by atomic mass is 10.2. The normalized spacial score (nSPS) is 16.8. The molecule has 136 valence electrons. The summed E-state index contributed by atoms with van der Waals surface area (Å²) in [5.74, 6) is -0.484. The maximum atomic E-state index is 14.3. The molecule has 4 N–H and O–H groups in total. The number of anilines is 3. The second kappa shape index (κ2) is 7.61. The van der Waals surface area contributed by atoms with Crippen LogP contribution in [0.1, 0.15) is 25.7 Å². The van der Waals surface area contributed by atoms with Gasteiger partial charge in [0, 0.05) is 6.54 Å². The monoisotopic (exact) mass is 365 g/mol. The number of fused-ring (bicyclic) bond motifs is 1. The van der Waals surface area contributed by atoms with Crippen molar-refractivity contribution < 1.29 is 13.5 Å². The summed E-state index contributed by atoms with van der Waals surface area (Å²) in [7, 11) is -3.35. The fourth-order valence-corrected chi connectivity index (χ4v) is 4.90. The Balaban J connectivity index is 1.90. The Bertz CT molecular complexity index is 729. The number of hydrogen-bond acceptors (Lipinski definition) is 5. The summed E-state index contributed by atoms with van der Waals surface area (Å²) in [4.78, 5) is 0. The minimum atomic E-state index is -3.35. The summed E-state index contributed by atoms with van der Waals surface area (Å²) < 4.78 is 39.1. The molecular weight excluding hydrogens is 341 g/mol. The zero-order chi connectivity index (χ0) is 17.9. The predicted molar refractivity (Wildman–Crippen MR) is 103 cm³/mol. The topological polar surface area (TPSA) is 73.0 Å². The van der Waals surface area contributed by atoms with Gasteiger partial charge in [-0.25, -0.2) is 8.70 Å². The van der Waals surface area contributed by atoms with Gasteiger partial charge in [0.25, 0.3) is 0 Å². The second-order valence-electron chi connectivity index (χ2n) is 6.03. The summed E-state index contributed by atoms with van der Waals surface area (Å²) >= 11 is 0. The Morgan fingerprint density at radius 1 is 0.840 bits per heavy atom. The van der Waals surface area contributed by atoms with Crippen LogP contribution in [0.25, 0.3) is 0 Å². The maximum absolute atomic E-state index is 14.3. The Labute approximate surface area is 149 Å². The number of para-hydroxylation sites is 3. The molecule has 0 spiro atoms. The molecule has 0 saturated heterocycles. The molecule has 1 aliphatic heterocycles. The van der Waals surface area contributed by atoms with Gasteiger partial charge in [-0.1, -0.05) is 37.1 Å². The van der Waals surface area contributed by atoms with Gasteiger partial charge in [0.05, 0.1) is 11.4 Å². The van der Waals surface area contributed by atoms with Crippen molar-refractivity contribution in [2.45, 2.75) is 25.7 Å². The van der Waals surface area contributed by atoms with Crippen LogP contribution in [0.3, 0.4) is 0 Å². The Hall–Kier alpha value is -1.80. The lowest BCUT2D eigenvalue weighted by Gasteiger charge is -2.43. The van der Waals surface area contributed by atoms with Crippen LogP contribution in [0.4, 0.5) is 21.5 Å². The Kier molecular flexibility index (Phi) is 5.48. The van der Waals surface area contributed by atoms with Crippen LogP contribution in [0.5, 0.6) is 0 Å². The molecule has 2 aromatic rings. The highest BCUT2D eigenvalue weighted by Crippen LogP contribution is 2.64. The van der Waals surface area contributed by atoms with Crippen molar-refractivity contribution in [1.29, 1.82) is 0 Å².